The second kappa shape index (κ2) is 10.7. The third kappa shape index (κ3) is 5.50. The van der Waals surface area contributed by atoms with Crippen LogP contribution in [0, 0.1) is 13.8 Å². The molecule has 0 atom stereocenters. The van der Waals surface area contributed by atoms with E-state index < -0.39 is 21.9 Å². The summed E-state index contributed by atoms with van der Waals surface area (Å²) in [6.07, 6.45) is 0. The van der Waals surface area contributed by atoms with Crippen LogP contribution in [0.1, 0.15) is 28.4 Å². The highest BCUT2D eigenvalue weighted by Crippen LogP contribution is 2.24. The molecule has 0 aliphatic rings. The molecule has 0 aliphatic carbocycles. The fraction of sp³-hybridized carbons (Fsp3) is 0.222. The molecule has 192 valence electrons. The number of amides is 1. The van der Waals surface area contributed by atoms with Crippen LogP contribution in [-0.4, -0.2) is 38.5 Å². The van der Waals surface area contributed by atoms with Gasteiger partial charge in [0, 0.05) is 12.6 Å². The number of anilines is 1. The Morgan fingerprint density at radius 3 is 2.35 bits per heavy atom. The number of ether oxygens (including phenoxy) is 1. The van der Waals surface area contributed by atoms with Gasteiger partial charge in [-0.1, -0.05) is 35.6 Å². The Labute approximate surface area is 219 Å². The minimum atomic E-state index is -3.81. The second-order valence-electron chi connectivity index (χ2n) is 8.46. The highest BCUT2D eigenvalue weighted by Gasteiger charge is 2.22. The number of thiazole rings is 1. The Bertz CT molecular complexity index is 1640. The molecule has 4 aromatic rings. The summed E-state index contributed by atoms with van der Waals surface area (Å²) in [6, 6.07) is 18.4. The molecule has 0 bridgehead atoms. The number of aryl methyl sites for hydroxylation is 2. The number of carbonyl (C=O) groups excluding carboxylic acids is 2. The summed E-state index contributed by atoms with van der Waals surface area (Å²) in [5.74, 6) is -0.966. The molecular formula is C27H27N3O5S2. The lowest BCUT2D eigenvalue weighted by Crippen LogP contribution is -2.26. The number of fused-ring (bicyclic) bond motifs is 1. The van der Waals surface area contributed by atoms with Crippen molar-refractivity contribution in [3.63, 3.8) is 0 Å². The molecule has 0 saturated carbocycles. The van der Waals surface area contributed by atoms with Gasteiger partial charge in [0.25, 0.3) is 15.9 Å². The molecule has 8 nitrogen and oxygen atoms in total. The van der Waals surface area contributed by atoms with Crippen LogP contribution in [0.2, 0.25) is 0 Å². The van der Waals surface area contributed by atoms with E-state index in [2.05, 4.69) is 4.99 Å². The van der Waals surface area contributed by atoms with Crippen LogP contribution < -0.4 is 9.11 Å². The molecule has 0 fully saturated rings. The topological polar surface area (TPSA) is 98.0 Å². The van der Waals surface area contributed by atoms with Crippen LogP contribution >= 0.6 is 11.3 Å². The molecule has 0 unspecified atom stereocenters. The quantitative estimate of drug-likeness (QED) is 0.325. The van der Waals surface area contributed by atoms with Crippen LogP contribution in [0.5, 0.6) is 0 Å². The molecule has 1 aromatic heterocycles. The molecule has 0 saturated heterocycles. The molecule has 10 heteroatoms. The van der Waals surface area contributed by atoms with Crippen LogP contribution in [0.25, 0.3) is 10.2 Å². The van der Waals surface area contributed by atoms with Crippen LogP contribution in [0.15, 0.2) is 76.6 Å². The van der Waals surface area contributed by atoms with Crippen molar-refractivity contribution < 1.29 is 22.7 Å². The van der Waals surface area contributed by atoms with Crippen molar-refractivity contribution in [2.75, 3.05) is 18.0 Å². The van der Waals surface area contributed by atoms with Crippen molar-refractivity contribution in [3.8, 4) is 0 Å². The van der Waals surface area contributed by atoms with Crippen molar-refractivity contribution in [3.05, 3.63) is 88.2 Å². The highest BCUT2D eigenvalue weighted by molar-refractivity contribution is 7.92. The van der Waals surface area contributed by atoms with E-state index in [0.29, 0.717) is 10.5 Å². The number of hydrogen-bond donors (Lipinski definition) is 0. The first-order valence-electron chi connectivity index (χ1n) is 11.6. The van der Waals surface area contributed by atoms with Gasteiger partial charge in [-0.2, -0.15) is 4.99 Å². The molecule has 1 heterocycles. The maximum absolute atomic E-state index is 13.1. The maximum Gasteiger partial charge on any atom is 0.326 e. The number of benzene rings is 3. The Morgan fingerprint density at radius 1 is 1.03 bits per heavy atom. The second-order valence-corrected chi connectivity index (χ2v) is 11.4. The molecular weight excluding hydrogens is 510 g/mol. The molecule has 0 aliphatic heterocycles. The Morgan fingerprint density at radius 2 is 1.70 bits per heavy atom. The van der Waals surface area contributed by atoms with Gasteiger partial charge in [0.15, 0.2) is 4.80 Å². The third-order valence-corrected chi connectivity index (χ3v) is 8.81. The number of rotatable bonds is 7. The number of para-hydroxylation sites is 1. The maximum atomic E-state index is 13.1. The highest BCUT2D eigenvalue weighted by atomic mass is 32.2. The molecule has 1 amide bonds. The van der Waals surface area contributed by atoms with E-state index >= 15 is 0 Å². The number of esters is 1. The molecule has 0 N–H and O–H groups in total. The van der Waals surface area contributed by atoms with E-state index in [1.54, 1.807) is 35.8 Å². The van der Waals surface area contributed by atoms with Crippen molar-refractivity contribution in [2.45, 2.75) is 32.2 Å². The third-order valence-electron chi connectivity index (χ3n) is 5.78. The molecule has 0 radical (unpaired) electrons. The van der Waals surface area contributed by atoms with E-state index in [9.17, 15) is 18.0 Å². The Balaban J connectivity index is 1.70. The number of sulfonamides is 1. The van der Waals surface area contributed by atoms with E-state index in [1.807, 2.05) is 32.0 Å². The molecule has 0 spiro atoms. The van der Waals surface area contributed by atoms with Gasteiger partial charge >= 0.3 is 5.97 Å². The van der Waals surface area contributed by atoms with E-state index in [0.717, 1.165) is 21.3 Å². The van der Waals surface area contributed by atoms with E-state index in [4.69, 9.17) is 4.74 Å². The van der Waals surface area contributed by atoms with Gasteiger partial charge in [-0.05, 0) is 74.4 Å². The number of nitrogens with zero attached hydrogens (tertiary/aromatic N) is 3. The predicted octanol–water partition coefficient (Wildman–Crippen LogP) is 4.45. The fourth-order valence-electron chi connectivity index (χ4n) is 3.94. The summed E-state index contributed by atoms with van der Waals surface area (Å²) in [7, 11) is -2.33. The van der Waals surface area contributed by atoms with Gasteiger partial charge in [-0.3, -0.25) is 13.9 Å². The summed E-state index contributed by atoms with van der Waals surface area (Å²) in [6.45, 7) is 5.84. The number of aromatic nitrogens is 1. The van der Waals surface area contributed by atoms with Gasteiger partial charge < -0.3 is 9.30 Å². The molecule has 37 heavy (non-hydrogen) atoms. The standard InChI is InChI=1S/C27H27N3O5S2/c1-5-35-24(31)17-30-23-16-18(2)15-19(3)25(23)36-27(30)28-26(32)20-11-13-22(14-12-20)37(33,34)29(4)21-9-7-6-8-10-21/h6-16H,5,17H2,1-4H3. The summed E-state index contributed by atoms with van der Waals surface area (Å²) in [5.41, 5.74) is 3.60. The zero-order valence-corrected chi connectivity index (χ0v) is 22.6. The van der Waals surface area contributed by atoms with Crippen molar-refractivity contribution in [2.24, 2.45) is 4.99 Å². The predicted molar refractivity (Wildman–Crippen MR) is 144 cm³/mol. The zero-order chi connectivity index (χ0) is 26.7. The monoisotopic (exact) mass is 537 g/mol. The Hall–Kier alpha value is -3.76. The van der Waals surface area contributed by atoms with Gasteiger partial charge in [0.05, 0.1) is 27.4 Å². The minimum Gasteiger partial charge on any atom is -0.465 e. The van der Waals surface area contributed by atoms with Crippen molar-refractivity contribution in [1.82, 2.24) is 4.57 Å². The molecule has 4 rings (SSSR count). The fourth-order valence-corrected chi connectivity index (χ4v) is 6.22. The smallest absolute Gasteiger partial charge is 0.326 e. The van der Waals surface area contributed by atoms with Gasteiger partial charge in [0.1, 0.15) is 6.54 Å². The van der Waals surface area contributed by atoms with E-state index in [1.165, 1.54) is 47.0 Å². The van der Waals surface area contributed by atoms with Crippen molar-refractivity contribution in [1.29, 1.82) is 0 Å². The summed E-state index contributed by atoms with van der Waals surface area (Å²) in [4.78, 5) is 30.1. The number of carbonyl (C=O) groups is 2. The number of hydrogen-bond acceptors (Lipinski definition) is 6. The first-order valence-corrected chi connectivity index (χ1v) is 13.9. The normalized spacial score (nSPS) is 12.1. The lowest BCUT2D eigenvalue weighted by molar-refractivity contribution is -0.143. The van der Waals surface area contributed by atoms with Crippen LogP contribution in [0.3, 0.4) is 0 Å². The van der Waals surface area contributed by atoms with E-state index in [-0.39, 0.29) is 23.6 Å². The van der Waals surface area contributed by atoms with Gasteiger partial charge in [-0.25, -0.2) is 8.42 Å². The zero-order valence-electron chi connectivity index (χ0n) is 21.0. The largest absolute Gasteiger partial charge is 0.465 e. The lowest BCUT2D eigenvalue weighted by atomic mass is 10.1. The summed E-state index contributed by atoms with van der Waals surface area (Å²) < 4.78 is 35.0. The summed E-state index contributed by atoms with van der Waals surface area (Å²) in [5, 5.41) is 0. The van der Waals surface area contributed by atoms with Gasteiger partial charge in [-0.15, -0.1) is 0 Å². The average Bonchev–Trinajstić information content (AvgIpc) is 3.21. The average molecular weight is 538 g/mol. The Kier molecular flexibility index (Phi) is 7.60. The van der Waals surface area contributed by atoms with Gasteiger partial charge in [0.2, 0.25) is 0 Å². The lowest BCUT2D eigenvalue weighted by Gasteiger charge is -2.19. The first kappa shape index (κ1) is 26.3. The molecule has 3 aromatic carbocycles. The van der Waals surface area contributed by atoms with Crippen molar-refractivity contribution >= 4 is 49.1 Å². The summed E-state index contributed by atoms with van der Waals surface area (Å²) >= 11 is 1.32. The van der Waals surface area contributed by atoms with Crippen LogP contribution in [0.4, 0.5) is 5.69 Å². The first-order chi connectivity index (χ1) is 17.6. The SMILES string of the molecule is CCOC(=O)Cn1c(=NC(=O)c2ccc(S(=O)(=O)N(C)c3ccccc3)cc2)sc2c(C)cc(C)cc21. The van der Waals surface area contributed by atoms with Crippen LogP contribution in [-0.2, 0) is 26.1 Å². The minimum absolute atomic E-state index is 0.0562.